The van der Waals surface area contributed by atoms with Gasteiger partial charge in [0.25, 0.3) is 0 Å². The van der Waals surface area contributed by atoms with E-state index in [1.807, 2.05) is 0 Å². The third-order valence-electron chi connectivity index (χ3n) is 3.26. The zero-order valence-corrected chi connectivity index (χ0v) is 13.9. The molecule has 0 bridgehead atoms. The third-order valence-corrected chi connectivity index (χ3v) is 4.08. The van der Waals surface area contributed by atoms with E-state index in [0.29, 0.717) is 6.04 Å². The van der Waals surface area contributed by atoms with Crippen LogP contribution in [0.3, 0.4) is 0 Å². The zero-order valence-electron chi connectivity index (χ0n) is 13.1. The Bertz CT molecular complexity index is 349. The summed E-state index contributed by atoms with van der Waals surface area (Å²) in [7, 11) is 2.16. The first-order valence-corrected chi connectivity index (χ1v) is 8.18. The molecule has 0 amide bonds. The van der Waals surface area contributed by atoms with Crippen LogP contribution in [0.25, 0.3) is 0 Å². The number of nitrogens with zero attached hydrogens (tertiary/aromatic N) is 2. The lowest BCUT2D eigenvalue weighted by molar-refractivity contribution is 0.311. The highest BCUT2D eigenvalue weighted by molar-refractivity contribution is 7.09. The third kappa shape index (κ3) is 7.65. The zero-order chi connectivity index (χ0) is 14.3. The lowest BCUT2D eigenvalue weighted by Crippen LogP contribution is -2.34. The van der Waals surface area contributed by atoms with Gasteiger partial charge in [-0.3, -0.25) is 4.90 Å². The molecule has 1 atom stereocenters. The molecule has 0 aliphatic carbocycles. The van der Waals surface area contributed by atoms with Gasteiger partial charge in [-0.05, 0) is 39.7 Å². The Morgan fingerprint density at radius 3 is 2.63 bits per heavy atom. The number of nitrogens with one attached hydrogen (secondary N) is 1. The fourth-order valence-corrected chi connectivity index (χ4v) is 2.63. The summed E-state index contributed by atoms with van der Waals surface area (Å²) in [5.74, 6) is 0.805. The van der Waals surface area contributed by atoms with Crippen LogP contribution in [0.5, 0.6) is 0 Å². The quantitative estimate of drug-likeness (QED) is 0.754. The van der Waals surface area contributed by atoms with Crippen LogP contribution in [0.4, 0.5) is 0 Å². The van der Waals surface area contributed by atoms with Gasteiger partial charge in [0, 0.05) is 31.1 Å². The molecule has 1 aromatic heterocycles. The molecule has 1 rings (SSSR count). The molecule has 19 heavy (non-hydrogen) atoms. The van der Waals surface area contributed by atoms with E-state index in [1.54, 1.807) is 11.3 Å². The van der Waals surface area contributed by atoms with Gasteiger partial charge in [0.1, 0.15) is 0 Å². The minimum atomic E-state index is 0.623. The first kappa shape index (κ1) is 16.6. The smallest absolute Gasteiger partial charge is 0.0897 e. The fourth-order valence-electron chi connectivity index (χ4n) is 2.02. The molecule has 1 N–H and O–H groups in total. The first-order valence-electron chi connectivity index (χ1n) is 7.30. The summed E-state index contributed by atoms with van der Waals surface area (Å²) < 4.78 is 0. The second-order valence-corrected chi connectivity index (χ2v) is 6.98. The summed E-state index contributed by atoms with van der Waals surface area (Å²) in [4.78, 5) is 6.83. The number of hydrogen-bond acceptors (Lipinski definition) is 4. The summed E-state index contributed by atoms with van der Waals surface area (Å²) in [6.45, 7) is 12.0. The summed E-state index contributed by atoms with van der Waals surface area (Å²) in [6, 6.07) is 0.623. The number of aromatic nitrogens is 1. The van der Waals surface area contributed by atoms with Crippen molar-refractivity contribution in [1.82, 2.24) is 15.2 Å². The molecule has 1 aromatic rings. The SMILES string of the molecule is Cc1nc(CN(C)CCNC(C)CCC(C)C)cs1. The second-order valence-electron chi connectivity index (χ2n) is 5.92. The van der Waals surface area contributed by atoms with Crippen LogP contribution in [-0.4, -0.2) is 36.1 Å². The molecule has 0 fully saturated rings. The van der Waals surface area contributed by atoms with Gasteiger partial charge >= 0.3 is 0 Å². The van der Waals surface area contributed by atoms with Crippen LogP contribution in [0.15, 0.2) is 5.38 Å². The normalized spacial score (nSPS) is 13.4. The molecule has 4 heteroatoms. The van der Waals surface area contributed by atoms with Gasteiger partial charge in [0.2, 0.25) is 0 Å². The number of hydrogen-bond donors (Lipinski definition) is 1. The van der Waals surface area contributed by atoms with E-state index in [2.05, 4.69) is 55.3 Å². The van der Waals surface area contributed by atoms with Crippen LogP contribution >= 0.6 is 11.3 Å². The van der Waals surface area contributed by atoms with E-state index >= 15 is 0 Å². The van der Waals surface area contributed by atoms with Gasteiger partial charge in [0.05, 0.1) is 10.7 Å². The van der Waals surface area contributed by atoms with Crippen molar-refractivity contribution in [3.05, 3.63) is 16.1 Å². The van der Waals surface area contributed by atoms with E-state index in [4.69, 9.17) is 0 Å². The fraction of sp³-hybridized carbons (Fsp3) is 0.800. The minimum absolute atomic E-state index is 0.623. The Kier molecular flexibility index (Phi) is 7.57. The highest BCUT2D eigenvalue weighted by atomic mass is 32.1. The predicted octanol–water partition coefficient (Wildman–Crippen LogP) is 3.30. The van der Waals surface area contributed by atoms with Gasteiger partial charge in [-0.25, -0.2) is 4.98 Å². The molecule has 0 aromatic carbocycles. The largest absolute Gasteiger partial charge is 0.313 e. The monoisotopic (exact) mass is 283 g/mol. The molecule has 3 nitrogen and oxygen atoms in total. The first-order chi connectivity index (χ1) is 8.97. The van der Waals surface area contributed by atoms with Gasteiger partial charge in [-0.1, -0.05) is 13.8 Å². The van der Waals surface area contributed by atoms with E-state index in [0.717, 1.165) is 30.6 Å². The van der Waals surface area contributed by atoms with Crippen molar-refractivity contribution in [2.75, 3.05) is 20.1 Å². The van der Waals surface area contributed by atoms with E-state index in [-0.39, 0.29) is 0 Å². The molecule has 0 saturated carbocycles. The topological polar surface area (TPSA) is 28.2 Å². The highest BCUT2D eigenvalue weighted by Crippen LogP contribution is 2.09. The lowest BCUT2D eigenvalue weighted by atomic mass is 10.0. The Labute approximate surface area is 122 Å². The van der Waals surface area contributed by atoms with Gasteiger partial charge in [-0.15, -0.1) is 11.3 Å². The number of likely N-dealkylation sites (N-methyl/N-ethyl adjacent to an activating group) is 1. The van der Waals surface area contributed by atoms with Gasteiger partial charge in [0.15, 0.2) is 0 Å². The Morgan fingerprint density at radius 1 is 1.32 bits per heavy atom. The molecule has 110 valence electrons. The summed E-state index contributed by atoms with van der Waals surface area (Å²) >= 11 is 1.73. The van der Waals surface area contributed by atoms with Crippen LogP contribution in [-0.2, 0) is 6.54 Å². The molecule has 0 saturated heterocycles. The number of aryl methyl sites for hydroxylation is 1. The summed E-state index contributed by atoms with van der Waals surface area (Å²) in [5, 5.41) is 6.91. The van der Waals surface area contributed by atoms with E-state index in [1.165, 1.54) is 18.5 Å². The minimum Gasteiger partial charge on any atom is -0.313 e. The van der Waals surface area contributed by atoms with Gasteiger partial charge in [-0.2, -0.15) is 0 Å². The highest BCUT2D eigenvalue weighted by Gasteiger charge is 2.05. The Hall–Kier alpha value is -0.450. The average molecular weight is 283 g/mol. The van der Waals surface area contributed by atoms with Crippen LogP contribution in [0, 0.1) is 12.8 Å². The van der Waals surface area contributed by atoms with Crippen molar-refractivity contribution in [2.24, 2.45) is 5.92 Å². The molecule has 1 heterocycles. The maximum absolute atomic E-state index is 4.50. The maximum atomic E-state index is 4.50. The van der Waals surface area contributed by atoms with Crippen molar-refractivity contribution in [1.29, 1.82) is 0 Å². The molecule has 0 aliphatic heterocycles. The standard InChI is InChI=1S/C15H29N3S/c1-12(2)6-7-13(3)16-8-9-18(5)10-15-11-19-14(4)17-15/h11-13,16H,6-10H2,1-5H3. The molecule has 0 spiro atoms. The molecular weight excluding hydrogens is 254 g/mol. The average Bonchev–Trinajstić information content (AvgIpc) is 2.72. The van der Waals surface area contributed by atoms with Crippen molar-refractivity contribution in [3.63, 3.8) is 0 Å². The molecule has 0 aliphatic rings. The van der Waals surface area contributed by atoms with Crippen molar-refractivity contribution < 1.29 is 0 Å². The lowest BCUT2D eigenvalue weighted by Gasteiger charge is -2.19. The summed E-state index contributed by atoms with van der Waals surface area (Å²) in [6.07, 6.45) is 2.58. The Morgan fingerprint density at radius 2 is 2.05 bits per heavy atom. The second kappa shape index (κ2) is 8.67. The Balaban J connectivity index is 2.11. The molecule has 1 unspecified atom stereocenters. The van der Waals surface area contributed by atoms with Crippen molar-refractivity contribution in [3.8, 4) is 0 Å². The van der Waals surface area contributed by atoms with Crippen LogP contribution in [0.1, 0.15) is 44.3 Å². The van der Waals surface area contributed by atoms with Crippen molar-refractivity contribution >= 4 is 11.3 Å². The van der Waals surface area contributed by atoms with Crippen LogP contribution in [0.2, 0.25) is 0 Å². The predicted molar refractivity (Wildman–Crippen MR) is 84.7 cm³/mol. The van der Waals surface area contributed by atoms with E-state index in [9.17, 15) is 0 Å². The van der Waals surface area contributed by atoms with Crippen LogP contribution < -0.4 is 5.32 Å². The number of rotatable bonds is 9. The molecule has 0 radical (unpaired) electrons. The number of thiazole rings is 1. The van der Waals surface area contributed by atoms with E-state index < -0.39 is 0 Å². The van der Waals surface area contributed by atoms with Crippen molar-refractivity contribution in [2.45, 2.75) is 53.1 Å². The van der Waals surface area contributed by atoms with Gasteiger partial charge < -0.3 is 5.32 Å². The molecular formula is C15H29N3S. The summed E-state index contributed by atoms with van der Waals surface area (Å²) in [5.41, 5.74) is 1.19. The maximum Gasteiger partial charge on any atom is 0.0897 e.